The lowest BCUT2D eigenvalue weighted by Gasteiger charge is -2.38. The summed E-state index contributed by atoms with van der Waals surface area (Å²) in [4.78, 5) is 2.60. The van der Waals surface area contributed by atoms with Crippen molar-refractivity contribution in [1.29, 1.82) is 0 Å². The minimum absolute atomic E-state index is 0.355. The van der Waals surface area contributed by atoms with Crippen molar-refractivity contribution in [2.24, 2.45) is 0 Å². The number of para-hydroxylation sites is 1. The van der Waals surface area contributed by atoms with Crippen LogP contribution in [-0.4, -0.2) is 0 Å². The molecule has 2 bridgehead atoms. The molecule has 3 aromatic rings. The van der Waals surface area contributed by atoms with Gasteiger partial charge < -0.3 is 4.90 Å². The van der Waals surface area contributed by atoms with Gasteiger partial charge in [0, 0.05) is 5.69 Å². The van der Waals surface area contributed by atoms with Gasteiger partial charge in [-0.15, -0.1) is 0 Å². The van der Waals surface area contributed by atoms with Gasteiger partial charge in [-0.2, -0.15) is 0 Å². The van der Waals surface area contributed by atoms with Crippen molar-refractivity contribution >= 4 is 5.69 Å². The summed E-state index contributed by atoms with van der Waals surface area (Å²) in [7, 11) is 0. The van der Waals surface area contributed by atoms with Crippen molar-refractivity contribution in [1.82, 2.24) is 0 Å². The average Bonchev–Trinajstić information content (AvgIpc) is 2.84. The summed E-state index contributed by atoms with van der Waals surface area (Å²) >= 11 is 0. The minimum Gasteiger partial charge on any atom is -0.353 e. The number of anilines is 1. The van der Waals surface area contributed by atoms with Gasteiger partial charge in [0.05, 0.1) is 12.1 Å². The standard InChI is InChI=1S/C21H17N/c1-2-9-16(10-3-1)22-20-14-15-8-4-5-11-17(15)21(22)19-13-7-6-12-18(19)20/h1-13,20-21H,14H2/t20-,21+/m0/s1. The second-order valence-corrected chi connectivity index (χ2v) is 6.19. The maximum Gasteiger partial charge on any atom is 0.0808 e. The van der Waals surface area contributed by atoms with E-state index in [2.05, 4.69) is 83.8 Å². The Hall–Kier alpha value is -2.54. The maximum atomic E-state index is 2.60. The molecule has 5 rings (SSSR count). The Balaban J connectivity index is 1.77. The van der Waals surface area contributed by atoms with E-state index in [-0.39, 0.29) is 0 Å². The highest BCUT2D eigenvalue weighted by Crippen LogP contribution is 2.53. The fourth-order valence-corrected chi connectivity index (χ4v) is 4.19. The number of rotatable bonds is 1. The van der Waals surface area contributed by atoms with E-state index < -0.39 is 0 Å². The highest BCUT2D eigenvalue weighted by atomic mass is 15.2. The normalized spacial score (nSPS) is 21.4. The number of benzene rings is 3. The van der Waals surface area contributed by atoms with Crippen LogP contribution in [0.15, 0.2) is 78.9 Å². The molecule has 2 atom stereocenters. The van der Waals surface area contributed by atoms with E-state index in [1.165, 1.54) is 27.9 Å². The molecule has 2 heterocycles. The largest absolute Gasteiger partial charge is 0.353 e. The summed E-state index contributed by atoms with van der Waals surface area (Å²) < 4.78 is 0. The summed E-state index contributed by atoms with van der Waals surface area (Å²) in [5.74, 6) is 0. The Morgan fingerprint density at radius 3 is 2.09 bits per heavy atom. The molecule has 0 amide bonds. The summed E-state index contributed by atoms with van der Waals surface area (Å²) in [6.45, 7) is 0. The van der Waals surface area contributed by atoms with Crippen LogP contribution in [0.5, 0.6) is 0 Å². The van der Waals surface area contributed by atoms with E-state index in [9.17, 15) is 0 Å². The lowest BCUT2D eigenvalue weighted by atomic mass is 9.91. The topological polar surface area (TPSA) is 3.24 Å². The van der Waals surface area contributed by atoms with Crippen LogP contribution in [0, 0.1) is 0 Å². The van der Waals surface area contributed by atoms with Crippen LogP contribution >= 0.6 is 0 Å². The molecule has 1 heteroatoms. The molecule has 0 unspecified atom stereocenters. The zero-order valence-corrected chi connectivity index (χ0v) is 12.3. The first-order valence-electron chi connectivity index (χ1n) is 7.93. The average molecular weight is 283 g/mol. The molecule has 3 aromatic carbocycles. The van der Waals surface area contributed by atoms with E-state index in [0.29, 0.717) is 12.1 Å². The van der Waals surface area contributed by atoms with Gasteiger partial charge in [-0.3, -0.25) is 0 Å². The van der Waals surface area contributed by atoms with Gasteiger partial charge in [0.25, 0.3) is 0 Å². The molecule has 1 nitrogen and oxygen atoms in total. The van der Waals surface area contributed by atoms with E-state index in [0.717, 1.165) is 6.42 Å². The van der Waals surface area contributed by atoms with Crippen molar-refractivity contribution in [3.05, 3.63) is 101 Å². The Morgan fingerprint density at radius 1 is 0.636 bits per heavy atom. The minimum atomic E-state index is 0.355. The van der Waals surface area contributed by atoms with E-state index in [4.69, 9.17) is 0 Å². The summed E-state index contributed by atoms with van der Waals surface area (Å²) in [6, 6.07) is 29.5. The second kappa shape index (κ2) is 4.48. The molecule has 2 aliphatic heterocycles. The number of nitrogens with zero attached hydrogens (tertiary/aromatic N) is 1. The van der Waals surface area contributed by atoms with Crippen molar-refractivity contribution in [3.63, 3.8) is 0 Å². The lowest BCUT2D eigenvalue weighted by Crippen LogP contribution is -2.32. The van der Waals surface area contributed by atoms with E-state index in [1.807, 2.05) is 0 Å². The predicted molar refractivity (Wildman–Crippen MR) is 90.1 cm³/mol. The van der Waals surface area contributed by atoms with Crippen molar-refractivity contribution in [2.75, 3.05) is 4.90 Å². The fourth-order valence-electron chi connectivity index (χ4n) is 4.19. The van der Waals surface area contributed by atoms with Gasteiger partial charge in [0.15, 0.2) is 0 Å². The van der Waals surface area contributed by atoms with Crippen LogP contribution in [0.2, 0.25) is 0 Å². The highest BCUT2D eigenvalue weighted by Gasteiger charge is 2.43. The SMILES string of the molecule is c1ccc(N2[C@@H]3c4ccccc4C[C@H]2c2ccccc23)cc1. The lowest BCUT2D eigenvalue weighted by molar-refractivity contribution is 0.587. The van der Waals surface area contributed by atoms with Crippen LogP contribution in [0.3, 0.4) is 0 Å². The van der Waals surface area contributed by atoms with Crippen molar-refractivity contribution < 1.29 is 0 Å². The Kier molecular flexibility index (Phi) is 2.45. The smallest absolute Gasteiger partial charge is 0.0808 e. The molecule has 0 N–H and O–H groups in total. The van der Waals surface area contributed by atoms with Gasteiger partial charge in [-0.1, -0.05) is 66.7 Å². The van der Waals surface area contributed by atoms with Crippen molar-refractivity contribution in [3.8, 4) is 0 Å². The van der Waals surface area contributed by atoms with E-state index in [1.54, 1.807) is 0 Å². The highest BCUT2D eigenvalue weighted by molar-refractivity contribution is 5.64. The van der Waals surface area contributed by atoms with Gasteiger partial charge >= 0.3 is 0 Å². The predicted octanol–water partition coefficient (Wildman–Crippen LogP) is 4.89. The first-order chi connectivity index (χ1) is 10.9. The quantitative estimate of drug-likeness (QED) is 0.614. The van der Waals surface area contributed by atoms with Gasteiger partial charge in [0.2, 0.25) is 0 Å². The van der Waals surface area contributed by atoms with Crippen LogP contribution in [-0.2, 0) is 6.42 Å². The maximum absolute atomic E-state index is 2.60. The molecule has 22 heavy (non-hydrogen) atoms. The zero-order valence-electron chi connectivity index (χ0n) is 12.3. The fraction of sp³-hybridized carbons (Fsp3) is 0.143. The van der Waals surface area contributed by atoms with Crippen LogP contribution in [0.25, 0.3) is 0 Å². The number of hydrogen-bond donors (Lipinski definition) is 0. The molecule has 0 aromatic heterocycles. The van der Waals surface area contributed by atoms with Crippen LogP contribution in [0.4, 0.5) is 5.69 Å². The molecule has 0 saturated carbocycles. The summed E-state index contributed by atoms with van der Waals surface area (Å²) in [5, 5.41) is 0. The van der Waals surface area contributed by atoms with E-state index >= 15 is 0 Å². The molecular weight excluding hydrogens is 266 g/mol. The molecule has 0 fully saturated rings. The molecule has 2 aliphatic rings. The van der Waals surface area contributed by atoms with Crippen molar-refractivity contribution in [2.45, 2.75) is 18.5 Å². The molecular formula is C21H17N. The molecule has 0 radical (unpaired) electrons. The summed E-state index contributed by atoms with van der Waals surface area (Å²) in [5.41, 5.74) is 7.26. The molecule has 0 aliphatic carbocycles. The number of fused-ring (bicyclic) bond motifs is 7. The third-order valence-corrected chi connectivity index (χ3v) is 5.08. The summed E-state index contributed by atoms with van der Waals surface area (Å²) in [6.07, 6.45) is 1.10. The third kappa shape index (κ3) is 1.54. The Bertz CT molecular complexity index is 826. The van der Waals surface area contributed by atoms with Gasteiger partial charge in [-0.25, -0.2) is 0 Å². The molecule has 106 valence electrons. The monoisotopic (exact) mass is 283 g/mol. The first-order valence-corrected chi connectivity index (χ1v) is 7.93. The Morgan fingerprint density at radius 2 is 1.27 bits per heavy atom. The zero-order chi connectivity index (χ0) is 14.5. The van der Waals surface area contributed by atoms with Gasteiger partial charge in [-0.05, 0) is 40.8 Å². The number of hydrogen-bond acceptors (Lipinski definition) is 1. The second-order valence-electron chi connectivity index (χ2n) is 6.19. The molecule has 0 saturated heterocycles. The van der Waals surface area contributed by atoms with Crippen LogP contribution < -0.4 is 4.90 Å². The van der Waals surface area contributed by atoms with Crippen LogP contribution in [0.1, 0.15) is 34.3 Å². The van der Waals surface area contributed by atoms with Gasteiger partial charge in [0.1, 0.15) is 0 Å². The molecule has 0 spiro atoms. The Labute approximate surface area is 130 Å². The first kappa shape index (κ1) is 12.0. The third-order valence-electron chi connectivity index (χ3n) is 5.08.